The maximum atomic E-state index is 13.7. The summed E-state index contributed by atoms with van der Waals surface area (Å²) in [5, 5.41) is 2.98. The normalized spacial score (nSPS) is 21.2. The molecule has 5 rings (SSSR count). The zero-order valence-electron chi connectivity index (χ0n) is 19.1. The Balaban J connectivity index is 1.45. The third-order valence-electron chi connectivity index (χ3n) is 7.36. The number of carbonyl (C=O) groups excluding carboxylic acids is 1. The maximum absolute atomic E-state index is 13.7. The molecule has 2 aromatic rings. The van der Waals surface area contributed by atoms with Crippen molar-refractivity contribution in [2.45, 2.75) is 68.7 Å². The molecule has 1 atom stereocenters. The highest BCUT2D eigenvalue weighted by Gasteiger charge is 2.30. The van der Waals surface area contributed by atoms with Gasteiger partial charge in [-0.1, -0.05) is 37.1 Å². The molecule has 1 saturated carbocycles. The van der Waals surface area contributed by atoms with Gasteiger partial charge in [0, 0.05) is 30.7 Å². The highest BCUT2D eigenvalue weighted by Crippen LogP contribution is 2.35. The molecule has 6 nitrogen and oxygen atoms in total. The number of nitrogens with zero attached hydrogens (tertiary/aromatic N) is 1. The SMILES string of the molecule is O=C(Nc1ccc(N2CCCC2)c(S(=O)(=O)NC2CCCc3ccccc32)c1)C1CCCC1. The molecule has 2 aliphatic carbocycles. The third-order valence-corrected chi connectivity index (χ3v) is 8.86. The number of aryl methyl sites for hydroxylation is 1. The Labute approximate surface area is 196 Å². The first-order valence-corrected chi connectivity index (χ1v) is 13.8. The number of carbonyl (C=O) groups is 1. The molecule has 2 fully saturated rings. The van der Waals surface area contributed by atoms with Crippen LogP contribution in [0.25, 0.3) is 0 Å². The summed E-state index contributed by atoms with van der Waals surface area (Å²) in [5.74, 6) is 0.0270. The third kappa shape index (κ3) is 4.80. The second-order valence-corrected chi connectivity index (χ2v) is 11.3. The number of nitrogens with one attached hydrogen (secondary N) is 2. The number of rotatable bonds is 6. The molecule has 1 saturated heterocycles. The number of hydrogen-bond donors (Lipinski definition) is 2. The predicted octanol–water partition coefficient (Wildman–Crippen LogP) is 4.77. The van der Waals surface area contributed by atoms with E-state index in [9.17, 15) is 13.2 Å². The average Bonchev–Trinajstić information content (AvgIpc) is 3.54. The van der Waals surface area contributed by atoms with Crippen molar-refractivity contribution in [1.82, 2.24) is 4.72 Å². The van der Waals surface area contributed by atoms with E-state index in [4.69, 9.17) is 0 Å². The lowest BCUT2D eigenvalue weighted by Gasteiger charge is -2.28. The monoisotopic (exact) mass is 467 g/mol. The summed E-state index contributed by atoms with van der Waals surface area (Å²) in [5.41, 5.74) is 3.57. The fourth-order valence-corrected chi connectivity index (χ4v) is 7.09. The number of amides is 1. The van der Waals surface area contributed by atoms with Gasteiger partial charge in [-0.15, -0.1) is 0 Å². The van der Waals surface area contributed by atoms with E-state index in [2.05, 4.69) is 21.0 Å². The molecule has 0 spiro atoms. The van der Waals surface area contributed by atoms with Crippen molar-refractivity contribution in [3.8, 4) is 0 Å². The van der Waals surface area contributed by atoms with Crippen LogP contribution in [0.5, 0.6) is 0 Å². The molecule has 1 aliphatic heterocycles. The molecule has 2 N–H and O–H groups in total. The minimum absolute atomic E-state index is 0.000984. The summed E-state index contributed by atoms with van der Waals surface area (Å²) in [6.07, 6.45) is 8.82. The minimum atomic E-state index is -3.79. The van der Waals surface area contributed by atoms with Crippen molar-refractivity contribution in [2.24, 2.45) is 5.92 Å². The van der Waals surface area contributed by atoms with Crippen molar-refractivity contribution < 1.29 is 13.2 Å². The second kappa shape index (κ2) is 9.47. The van der Waals surface area contributed by atoms with Gasteiger partial charge < -0.3 is 10.2 Å². The van der Waals surface area contributed by atoms with Crippen LogP contribution < -0.4 is 14.9 Å². The first-order chi connectivity index (χ1) is 16.0. The Morgan fingerprint density at radius 3 is 2.45 bits per heavy atom. The molecule has 3 aliphatic rings. The van der Waals surface area contributed by atoms with Gasteiger partial charge in [-0.3, -0.25) is 4.79 Å². The van der Waals surface area contributed by atoms with Crippen LogP contribution in [-0.2, 0) is 21.2 Å². The van der Waals surface area contributed by atoms with E-state index < -0.39 is 10.0 Å². The molecular weight excluding hydrogens is 434 g/mol. The van der Waals surface area contributed by atoms with Crippen molar-refractivity contribution in [3.63, 3.8) is 0 Å². The fraction of sp³-hybridized carbons (Fsp3) is 0.500. The van der Waals surface area contributed by atoms with Crippen LogP contribution in [0.1, 0.15) is 68.5 Å². The molecule has 1 unspecified atom stereocenters. The Bertz CT molecular complexity index is 1120. The number of fused-ring (bicyclic) bond motifs is 1. The maximum Gasteiger partial charge on any atom is 0.243 e. The van der Waals surface area contributed by atoms with Crippen molar-refractivity contribution in [3.05, 3.63) is 53.6 Å². The molecular formula is C26H33N3O3S. The van der Waals surface area contributed by atoms with Gasteiger partial charge in [0.2, 0.25) is 15.9 Å². The number of hydrogen-bond acceptors (Lipinski definition) is 4. The lowest BCUT2D eigenvalue weighted by Crippen LogP contribution is -2.32. The van der Waals surface area contributed by atoms with E-state index in [0.717, 1.165) is 82.1 Å². The first-order valence-electron chi connectivity index (χ1n) is 12.3. The van der Waals surface area contributed by atoms with E-state index in [1.54, 1.807) is 6.07 Å². The number of benzene rings is 2. The zero-order valence-corrected chi connectivity index (χ0v) is 19.9. The van der Waals surface area contributed by atoms with Crippen LogP contribution >= 0.6 is 0 Å². The minimum Gasteiger partial charge on any atom is -0.370 e. The van der Waals surface area contributed by atoms with Gasteiger partial charge in [0.1, 0.15) is 4.90 Å². The lowest BCUT2D eigenvalue weighted by molar-refractivity contribution is -0.119. The van der Waals surface area contributed by atoms with Crippen LogP contribution in [0, 0.1) is 5.92 Å². The topological polar surface area (TPSA) is 78.5 Å². The van der Waals surface area contributed by atoms with Gasteiger partial charge in [-0.25, -0.2) is 13.1 Å². The second-order valence-electron chi connectivity index (χ2n) is 9.61. The van der Waals surface area contributed by atoms with Crippen molar-refractivity contribution in [1.29, 1.82) is 0 Å². The number of sulfonamides is 1. The first kappa shape index (κ1) is 22.4. The van der Waals surface area contributed by atoms with Crippen molar-refractivity contribution in [2.75, 3.05) is 23.3 Å². The van der Waals surface area contributed by atoms with Crippen LogP contribution in [0.2, 0.25) is 0 Å². The number of anilines is 2. The van der Waals surface area contributed by atoms with Gasteiger partial charge in [0.15, 0.2) is 0 Å². The quantitative estimate of drug-likeness (QED) is 0.641. The van der Waals surface area contributed by atoms with Crippen LogP contribution in [0.3, 0.4) is 0 Å². The molecule has 1 heterocycles. The summed E-state index contributed by atoms with van der Waals surface area (Å²) in [7, 11) is -3.79. The summed E-state index contributed by atoms with van der Waals surface area (Å²) >= 11 is 0. The molecule has 0 radical (unpaired) electrons. The summed E-state index contributed by atoms with van der Waals surface area (Å²) in [4.78, 5) is 15.1. The summed E-state index contributed by atoms with van der Waals surface area (Å²) in [6, 6.07) is 13.2. The van der Waals surface area contributed by atoms with Gasteiger partial charge in [0.05, 0.1) is 5.69 Å². The Morgan fingerprint density at radius 1 is 0.909 bits per heavy atom. The Kier molecular flexibility index (Phi) is 6.43. The van der Waals surface area contributed by atoms with Gasteiger partial charge >= 0.3 is 0 Å². The predicted molar refractivity (Wildman–Crippen MR) is 131 cm³/mol. The zero-order chi connectivity index (χ0) is 22.8. The van der Waals surface area contributed by atoms with Crippen molar-refractivity contribution >= 4 is 27.3 Å². The Hall–Kier alpha value is -2.38. The largest absolute Gasteiger partial charge is 0.370 e. The van der Waals surface area contributed by atoms with Crippen LogP contribution in [0.15, 0.2) is 47.4 Å². The van der Waals surface area contributed by atoms with E-state index in [0.29, 0.717) is 5.69 Å². The molecule has 2 aromatic carbocycles. The lowest BCUT2D eigenvalue weighted by atomic mass is 9.88. The van der Waals surface area contributed by atoms with E-state index in [-0.39, 0.29) is 22.8 Å². The molecule has 1 amide bonds. The van der Waals surface area contributed by atoms with E-state index in [1.165, 1.54) is 5.56 Å². The molecule has 176 valence electrons. The smallest absolute Gasteiger partial charge is 0.243 e. The van der Waals surface area contributed by atoms with Crippen LogP contribution in [0.4, 0.5) is 11.4 Å². The molecule has 7 heteroatoms. The summed E-state index contributed by atoms with van der Waals surface area (Å²) < 4.78 is 30.5. The molecule has 33 heavy (non-hydrogen) atoms. The Morgan fingerprint density at radius 2 is 1.67 bits per heavy atom. The molecule has 0 bridgehead atoms. The van der Waals surface area contributed by atoms with Gasteiger partial charge in [-0.2, -0.15) is 0 Å². The average molecular weight is 468 g/mol. The molecule has 0 aromatic heterocycles. The summed E-state index contributed by atoms with van der Waals surface area (Å²) in [6.45, 7) is 1.70. The van der Waals surface area contributed by atoms with Gasteiger partial charge in [-0.05, 0) is 74.3 Å². The fourth-order valence-electron chi connectivity index (χ4n) is 5.59. The van der Waals surface area contributed by atoms with E-state index in [1.807, 2.05) is 30.3 Å². The highest BCUT2D eigenvalue weighted by molar-refractivity contribution is 7.89. The standard InChI is InChI=1S/C26H33N3O3S/c30-26(20-9-1-2-10-20)27-21-14-15-24(29-16-5-6-17-29)25(18-21)33(31,32)28-23-13-7-11-19-8-3-4-12-22(19)23/h3-4,8,12,14-15,18,20,23,28H,1-2,5-7,9-11,13,16-17H2,(H,27,30). The van der Waals surface area contributed by atoms with Gasteiger partial charge in [0.25, 0.3) is 0 Å². The van der Waals surface area contributed by atoms with Crippen LogP contribution in [-0.4, -0.2) is 27.4 Å². The van der Waals surface area contributed by atoms with E-state index >= 15 is 0 Å². The highest BCUT2D eigenvalue weighted by atomic mass is 32.2.